The molecular weight excluding hydrogens is 254 g/mol. The Morgan fingerprint density at radius 3 is 2.60 bits per heavy atom. The van der Waals surface area contributed by atoms with E-state index in [1.807, 2.05) is 4.90 Å². The van der Waals surface area contributed by atoms with E-state index in [1.165, 1.54) is 0 Å². The largest absolute Gasteiger partial charge is 0.508 e. The lowest BCUT2D eigenvalue weighted by atomic mass is 9.82. The van der Waals surface area contributed by atoms with Gasteiger partial charge in [0.15, 0.2) is 0 Å². The molecule has 0 spiro atoms. The molecule has 0 unspecified atom stereocenters. The van der Waals surface area contributed by atoms with Crippen molar-refractivity contribution >= 4 is 5.91 Å². The SMILES string of the molecule is COc1ccc(O)cc1CC(=O)N1CCC(C)(C)CC1. The van der Waals surface area contributed by atoms with Crippen molar-refractivity contribution in [1.29, 1.82) is 0 Å². The van der Waals surface area contributed by atoms with E-state index in [2.05, 4.69) is 13.8 Å². The molecule has 0 bridgehead atoms. The van der Waals surface area contributed by atoms with Crippen LogP contribution < -0.4 is 4.74 Å². The highest BCUT2D eigenvalue weighted by Gasteiger charge is 2.28. The Balaban J connectivity index is 2.03. The summed E-state index contributed by atoms with van der Waals surface area (Å²) in [5.41, 5.74) is 1.07. The smallest absolute Gasteiger partial charge is 0.227 e. The van der Waals surface area contributed by atoms with Gasteiger partial charge in [-0.2, -0.15) is 0 Å². The molecule has 4 nitrogen and oxygen atoms in total. The number of nitrogens with zero attached hydrogens (tertiary/aromatic N) is 1. The number of amides is 1. The molecule has 20 heavy (non-hydrogen) atoms. The minimum Gasteiger partial charge on any atom is -0.508 e. The molecule has 2 rings (SSSR count). The van der Waals surface area contributed by atoms with Crippen LogP contribution in [-0.4, -0.2) is 36.1 Å². The average molecular weight is 277 g/mol. The summed E-state index contributed by atoms with van der Waals surface area (Å²) in [4.78, 5) is 14.3. The van der Waals surface area contributed by atoms with Crippen LogP contribution in [0.4, 0.5) is 0 Å². The minimum absolute atomic E-state index is 0.101. The van der Waals surface area contributed by atoms with Gasteiger partial charge in [-0.1, -0.05) is 13.8 Å². The molecule has 1 aliphatic heterocycles. The topological polar surface area (TPSA) is 49.8 Å². The monoisotopic (exact) mass is 277 g/mol. The second kappa shape index (κ2) is 5.73. The summed E-state index contributed by atoms with van der Waals surface area (Å²) in [7, 11) is 1.57. The van der Waals surface area contributed by atoms with Crippen molar-refractivity contribution in [3.63, 3.8) is 0 Å². The number of methoxy groups -OCH3 is 1. The maximum Gasteiger partial charge on any atom is 0.227 e. The van der Waals surface area contributed by atoms with Crippen LogP contribution in [0, 0.1) is 5.41 Å². The summed E-state index contributed by atoms with van der Waals surface area (Å²) < 4.78 is 5.24. The molecule has 1 aliphatic rings. The van der Waals surface area contributed by atoms with E-state index >= 15 is 0 Å². The van der Waals surface area contributed by atoms with Gasteiger partial charge in [0.2, 0.25) is 5.91 Å². The molecular formula is C16H23NO3. The van der Waals surface area contributed by atoms with Crippen molar-refractivity contribution < 1.29 is 14.6 Å². The van der Waals surface area contributed by atoms with E-state index in [1.54, 1.807) is 25.3 Å². The highest BCUT2D eigenvalue weighted by molar-refractivity contribution is 5.79. The lowest BCUT2D eigenvalue weighted by molar-refractivity contribution is -0.132. The van der Waals surface area contributed by atoms with Crippen LogP contribution >= 0.6 is 0 Å². The predicted molar refractivity (Wildman–Crippen MR) is 78.0 cm³/mol. The molecule has 110 valence electrons. The number of aromatic hydroxyl groups is 1. The molecule has 0 aromatic heterocycles. The molecule has 1 fully saturated rings. The van der Waals surface area contributed by atoms with Crippen molar-refractivity contribution in [3.05, 3.63) is 23.8 Å². The maximum absolute atomic E-state index is 12.3. The maximum atomic E-state index is 12.3. The first-order valence-corrected chi connectivity index (χ1v) is 7.05. The zero-order chi connectivity index (χ0) is 14.8. The average Bonchev–Trinajstić information content (AvgIpc) is 2.38. The number of piperidine rings is 1. The molecule has 1 saturated heterocycles. The van der Waals surface area contributed by atoms with E-state index in [0.29, 0.717) is 11.2 Å². The fraction of sp³-hybridized carbons (Fsp3) is 0.562. The van der Waals surface area contributed by atoms with Crippen molar-refractivity contribution in [1.82, 2.24) is 4.90 Å². The number of hydrogen-bond donors (Lipinski definition) is 1. The summed E-state index contributed by atoms with van der Waals surface area (Å²) in [6.45, 7) is 6.11. The molecule has 1 amide bonds. The van der Waals surface area contributed by atoms with Crippen LogP contribution in [0.25, 0.3) is 0 Å². The van der Waals surface area contributed by atoms with E-state index in [0.717, 1.165) is 31.5 Å². The summed E-state index contributed by atoms with van der Waals surface area (Å²) in [5, 5.41) is 9.54. The molecule has 0 aliphatic carbocycles. The van der Waals surface area contributed by atoms with Crippen LogP contribution in [0.3, 0.4) is 0 Å². The van der Waals surface area contributed by atoms with Crippen molar-refractivity contribution in [2.75, 3.05) is 20.2 Å². The zero-order valence-corrected chi connectivity index (χ0v) is 12.5. The van der Waals surface area contributed by atoms with Gasteiger partial charge in [-0.3, -0.25) is 4.79 Å². The van der Waals surface area contributed by atoms with Crippen LogP contribution in [0.2, 0.25) is 0 Å². The third-order valence-corrected chi connectivity index (χ3v) is 4.08. The first kappa shape index (κ1) is 14.7. The van der Waals surface area contributed by atoms with Gasteiger partial charge in [-0.15, -0.1) is 0 Å². The Labute approximate surface area is 120 Å². The van der Waals surface area contributed by atoms with Gasteiger partial charge < -0.3 is 14.7 Å². The lowest BCUT2D eigenvalue weighted by Crippen LogP contribution is -2.41. The molecule has 1 heterocycles. The molecule has 1 aromatic rings. The Morgan fingerprint density at radius 1 is 1.35 bits per heavy atom. The summed E-state index contributed by atoms with van der Waals surface area (Å²) in [6.07, 6.45) is 2.35. The number of benzene rings is 1. The third-order valence-electron chi connectivity index (χ3n) is 4.08. The predicted octanol–water partition coefficient (Wildman–Crippen LogP) is 2.59. The number of carbonyl (C=O) groups excluding carboxylic acids is 1. The summed E-state index contributed by atoms with van der Waals surface area (Å²) >= 11 is 0. The minimum atomic E-state index is 0.101. The van der Waals surface area contributed by atoms with Gasteiger partial charge in [0.25, 0.3) is 0 Å². The van der Waals surface area contributed by atoms with Crippen LogP contribution in [-0.2, 0) is 11.2 Å². The normalized spacial score (nSPS) is 17.9. The molecule has 4 heteroatoms. The lowest BCUT2D eigenvalue weighted by Gasteiger charge is -2.37. The quantitative estimate of drug-likeness (QED) is 0.924. The second-order valence-corrected chi connectivity index (χ2v) is 6.22. The Bertz CT molecular complexity index is 486. The van der Waals surface area contributed by atoms with Crippen LogP contribution in [0.5, 0.6) is 11.5 Å². The van der Waals surface area contributed by atoms with Crippen LogP contribution in [0.15, 0.2) is 18.2 Å². The number of phenolic OH excluding ortho intramolecular Hbond substituents is 1. The Kier molecular flexibility index (Phi) is 4.21. The van der Waals surface area contributed by atoms with Crippen molar-refractivity contribution in [2.45, 2.75) is 33.1 Å². The van der Waals surface area contributed by atoms with Crippen molar-refractivity contribution in [2.24, 2.45) is 5.41 Å². The van der Waals surface area contributed by atoms with Gasteiger partial charge >= 0.3 is 0 Å². The fourth-order valence-electron chi connectivity index (χ4n) is 2.54. The number of rotatable bonds is 3. The van der Waals surface area contributed by atoms with E-state index < -0.39 is 0 Å². The molecule has 1 aromatic carbocycles. The summed E-state index contributed by atoms with van der Waals surface area (Å²) in [5.74, 6) is 0.909. The molecule has 0 radical (unpaired) electrons. The van der Waals surface area contributed by atoms with E-state index in [-0.39, 0.29) is 18.1 Å². The Hall–Kier alpha value is -1.71. The number of hydrogen-bond acceptors (Lipinski definition) is 3. The highest BCUT2D eigenvalue weighted by atomic mass is 16.5. The van der Waals surface area contributed by atoms with Gasteiger partial charge in [0, 0.05) is 18.7 Å². The summed E-state index contributed by atoms with van der Waals surface area (Å²) in [6, 6.07) is 4.86. The number of likely N-dealkylation sites (tertiary alicyclic amines) is 1. The van der Waals surface area contributed by atoms with Gasteiger partial charge in [-0.25, -0.2) is 0 Å². The van der Waals surface area contributed by atoms with Crippen LogP contribution in [0.1, 0.15) is 32.3 Å². The van der Waals surface area contributed by atoms with E-state index in [4.69, 9.17) is 4.74 Å². The van der Waals surface area contributed by atoms with Gasteiger partial charge in [-0.05, 0) is 36.5 Å². The first-order chi connectivity index (χ1) is 9.41. The first-order valence-electron chi connectivity index (χ1n) is 7.05. The van der Waals surface area contributed by atoms with Crippen molar-refractivity contribution in [3.8, 4) is 11.5 Å². The highest BCUT2D eigenvalue weighted by Crippen LogP contribution is 2.30. The standard InChI is InChI=1S/C16H23NO3/c1-16(2)6-8-17(9-7-16)15(19)11-12-10-13(18)4-5-14(12)20-3/h4-5,10,18H,6-9,11H2,1-3H3. The third kappa shape index (κ3) is 3.44. The van der Waals surface area contributed by atoms with Gasteiger partial charge in [0.05, 0.1) is 13.5 Å². The van der Waals surface area contributed by atoms with E-state index in [9.17, 15) is 9.90 Å². The zero-order valence-electron chi connectivity index (χ0n) is 12.5. The molecule has 0 saturated carbocycles. The Morgan fingerprint density at radius 2 is 2.00 bits per heavy atom. The number of phenols is 1. The van der Waals surface area contributed by atoms with Gasteiger partial charge in [0.1, 0.15) is 11.5 Å². The number of carbonyl (C=O) groups is 1. The molecule has 0 atom stereocenters. The molecule has 1 N–H and O–H groups in total. The second-order valence-electron chi connectivity index (χ2n) is 6.22. The number of ether oxygens (including phenoxy) is 1. The fourth-order valence-corrected chi connectivity index (χ4v) is 2.54.